The van der Waals surface area contributed by atoms with Crippen LogP contribution in [0.2, 0.25) is 0 Å². The fourth-order valence-corrected chi connectivity index (χ4v) is 1.90. The normalized spacial score (nSPS) is 11.8. The maximum Gasteiger partial charge on any atom is 0.338 e. The van der Waals surface area contributed by atoms with Crippen molar-refractivity contribution in [1.82, 2.24) is 0 Å². The summed E-state index contributed by atoms with van der Waals surface area (Å²) in [5.41, 5.74) is 0.639. The highest BCUT2D eigenvalue weighted by molar-refractivity contribution is 6.31. The Labute approximate surface area is 117 Å². The van der Waals surface area contributed by atoms with E-state index in [4.69, 9.17) is 21.1 Å². The van der Waals surface area contributed by atoms with Crippen LogP contribution in [0.1, 0.15) is 42.1 Å². The molecule has 1 unspecified atom stereocenters. The van der Waals surface area contributed by atoms with Crippen LogP contribution in [0.5, 0.6) is 5.75 Å². The second kappa shape index (κ2) is 7.14. The van der Waals surface area contributed by atoms with Crippen LogP contribution < -0.4 is 4.74 Å². The Kier molecular flexibility index (Phi) is 5.83. The van der Waals surface area contributed by atoms with Crippen LogP contribution in [0.15, 0.2) is 18.2 Å². The summed E-state index contributed by atoms with van der Waals surface area (Å²) in [5, 5.41) is -0.929. The predicted octanol–water partition coefficient (Wildman–Crippen LogP) is 3.13. The maximum absolute atomic E-state index is 11.9. The van der Waals surface area contributed by atoms with Gasteiger partial charge in [0, 0.05) is 5.56 Å². The largest absolute Gasteiger partial charge is 0.493 e. The molecule has 4 nitrogen and oxygen atoms in total. The molecule has 104 valence electrons. The van der Waals surface area contributed by atoms with E-state index in [0.717, 1.165) is 0 Å². The molecule has 1 aromatic carbocycles. The number of hydrogen-bond donors (Lipinski definition) is 0. The van der Waals surface area contributed by atoms with Gasteiger partial charge in [-0.15, -0.1) is 11.6 Å². The third-order valence-corrected chi connectivity index (χ3v) is 3.00. The molecule has 0 aliphatic heterocycles. The first kappa shape index (κ1) is 15.5. The summed E-state index contributed by atoms with van der Waals surface area (Å²) in [6.07, 6.45) is 0. The smallest absolute Gasteiger partial charge is 0.338 e. The topological polar surface area (TPSA) is 52.6 Å². The summed E-state index contributed by atoms with van der Waals surface area (Å²) in [6, 6.07) is 4.93. The maximum atomic E-state index is 11.9. The van der Waals surface area contributed by atoms with Crippen LogP contribution in [-0.4, -0.2) is 25.0 Å². The Morgan fingerprint density at radius 2 is 1.95 bits per heavy atom. The molecule has 0 aliphatic carbocycles. The van der Waals surface area contributed by atoms with Gasteiger partial charge in [-0.05, 0) is 32.9 Å². The molecule has 0 saturated carbocycles. The molecule has 1 aromatic rings. The van der Waals surface area contributed by atoms with E-state index in [1.54, 1.807) is 25.1 Å². The van der Waals surface area contributed by atoms with Crippen molar-refractivity contribution in [1.29, 1.82) is 0 Å². The van der Waals surface area contributed by atoms with Gasteiger partial charge >= 0.3 is 5.97 Å². The van der Waals surface area contributed by atoms with E-state index in [2.05, 4.69) is 0 Å². The first-order valence-electron chi connectivity index (χ1n) is 6.10. The number of ether oxygens (including phenoxy) is 2. The number of ketones is 1. The predicted molar refractivity (Wildman–Crippen MR) is 72.8 cm³/mol. The molecular formula is C14H17ClO4. The average molecular weight is 285 g/mol. The lowest BCUT2D eigenvalue weighted by atomic mass is 10.0. The van der Waals surface area contributed by atoms with E-state index in [1.807, 2.05) is 6.92 Å². The van der Waals surface area contributed by atoms with Gasteiger partial charge in [0.25, 0.3) is 0 Å². The highest BCUT2D eigenvalue weighted by Gasteiger charge is 2.25. The molecule has 19 heavy (non-hydrogen) atoms. The summed E-state index contributed by atoms with van der Waals surface area (Å²) in [4.78, 5) is 23.4. The van der Waals surface area contributed by atoms with Gasteiger partial charge in [-0.2, -0.15) is 0 Å². The molecule has 0 spiro atoms. The average Bonchev–Trinajstić information content (AvgIpc) is 2.38. The Bertz CT molecular complexity index is 471. The third kappa shape index (κ3) is 3.70. The highest BCUT2D eigenvalue weighted by Crippen LogP contribution is 2.34. The first-order valence-corrected chi connectivity index (χ1v) is 6.53. The van der Waals surface area contributed by atoms with Gasteiger partial charge in [-0.25, -0.2) is 4.79 Å². The number of alkyl halides is 1. The molecule has 1 atom stereocenters. The number of carbonyl (C=O) groups excluding carboxylic acids is 2. The molecule has 0 fully saturated rings. The number of hydrogen-bond acceptors (Lipinski definition) is 4. The Morgan fingerprint density at radius 1 is 1.26 bits per heavy atom. The van der Waals surface area contributed by atoms with Crippen molar-refractivity contribution in [2.45, 2.75) is 26.1 Å². The zero-order valence-electron chi connectivity index (χ0n) is 11.2. The van der Waals surface area contributed by atoms with Crippen LogP contribution in [0.25, 0.3) is 0 Å². The van der Waals surface area contributed by atoms with Crippen LogP contribution >= 0.6 is 11.6 Å². The zero-order valence-corrected chi connectivity index (χ0v) is 12.0. The number of halogens is 1. The van der Waals surface area contributed by atoms with Crippen molar-refractivity contribution in [2.75, 3.05) is 13.2 Å². The fraction of sp³-hybridized carbons (Fsp3) is 0.429. The molecule has 0 aromatic heterocycles. The van der Waals surface area contributed by atoms with Crippen molar-refractivity contribution in [2.24, 2.45) is 0 Å². The lowest BCUT2D eigenvalue weighted by Gasteiger charge is -2.16. The van der Waals surface area contributed by atoms with Crippen LogP contribution in [0, 0.1) is 0 Å². The van der Waals surface area contributed by atoms with Crippen LogP contribution in [0.3, 0.4) is 0 Å². The van der Waals surface area contributed by atoms with E-state index >= 15 is 0 Å². The molecule has 0 aliphatic rings. The Hall–Kier alpha value is -1.55. The minimum Gasteiger partial charge on any atom is -0.493 e. The summed E-state index contributed by atoms with van der Waals surface area (Å²) < 4.78 is 10.4. The van der Waals surface area contributed by atoms with Crippen molar-refractivity contribution in [3.05, 3.63) is 29.3 Å². The van der Waals surface area contributed by atoms with Crippen molar-refractivity contribution < 1.29 is 19.1 Å². The van der Waals surface area contributed by atoms with Gasteiger partial charge < -0.3 is 9.47 Å². The minimum absolute atomic E-state index is 0.251. The summed E-state index contributed by atoms with van der Waals surface area (Å²) >= 11 is 6.09. The monoisotopic (exact) mass is 284 g/mol. The van der Waals surface area contributed by atoms with Gasteiger partial charge in [0.05, 0.1) is 18.8 Å². The van der Waals surface area contributed by atoms with Crippen molar-refractivity contribution in [3.63, 3.8) is 0 Å². The molecule has 0 N–H and O–H groups in total. The molecule has 1 rings (SSSR count). The second-order valence-corrected chi connectivity index (χ2v) is 4.28. The number of esters is 1. The van der Waals surface area contributed by atoms with Gasteiger partial charge in [0.1, 0.15) is 11.1 Å². The quantitative estimate of drug-likeness (QED) is 0.595. The zero-order chi connectivity index (χ0) is 14.4. The summed E-state index contributed by atoms with van der Waals surface area (Å²) in [7, 11) is 0. The van der Waals surface area contributed by atoms with E-state index < -0.39 is 11.3 Å². The van der Waals surface area contributed by atoms with E-state index in [1.165, 1.54) is 6.92 Å². The number of benzene rings is 1. The van der Waals surface area contributed by atoms with E-state index in [9.17, 15) is 9.59 Å². The minimum atomic E-state index is -0.929. The van der Waals surface area contributed by atoms with Crippen LogP contribution in [-0.2, 0) is 9.53 Å². The molecule has 0 bridgehead atoms. The molecule has 5 heteroatoms. The standard InChI is InChI=1S/C14H17ClO4/c1-4-18-11-8-6-7-10(14(17)19-5-2)12(11)13(15)9(3)16/h6-8,13H,4-5H2,1-3H3. The second-order valence-electron chi connectivity index (χ2n) is 3.84. The molecular weight excluding hydrogens is 268 g/mol. The Morgan fingerprint density at radius 3 is 2.47 bits per heavy atom. The Balaban J connectivity index is 3.33. The number of rotatable bonds is 6. The van der Waals surface area contributed by atoms with E-state index in [0.29, 0.717) is 17.9 Å². The number of carbonyl (C=O) groups is 2. The molecule has 0 amide bonds. The molecule has 0 saturated heterocycles. The third-order valence-electron chi connectivity index (χ3n) is 2.47. The van der Waals surface area contributed by atoms with Gasteiger partial charge in [-0.1, -0.05) is 6.07 Å². The molecule has 0 radical (unpaired) electrons. The highest BCUT2D eigenvalue weighted by atomic mass is 35.5. The fourth-order valence-electron chi connectivity index (χ4n) is 1.68. The number of Topliss-reactive ketones (excluding diaryl/α,β-unsaturated/α-hetero) is 1. The van der Waals surface area contributed by atoms with Crippen LogP contribution in [0.4, 0.5) is 0 Å². The van der Waals surface area contributed by atoms with Crippen molar-refractivity contribution >= 4 is 23.4 Å². The van der Waals surface area contributed by atoms with Crippen molar-refractivity contribution in [3.8, 4) is 5.75 Å². The summed E-state index contributed by atoms with van der Waals surface area (Å²) in [6.45, 7) is 5.57. The summed E-state index contributed by atoms with van der Waals surface area (Å²) in [5.74, 6) is -0.325. The molecule has 0 heterocycles. The first-order chi connectivity index (χ1) is 9.02. The van der Waals surface area contributed by atoms with E-state index in [-0.39, 0.29) is 18.0 Å². The van der Waals surface area contributed by atoms with Gasteiger partial charge in [0.2, 0.25) is 0 Å². The van der Waals surface area contributed by atoms with Gasteiger partial charge in [0.15, 0.2) is 5.78 Å². The lowest BCUT2D eigenvalue weighted by molar-refractivity contribution is -0.116. The lowest BCUT2D eigenvalue weighted by Crippen LogP contribution is -2.14. The van der Waals surface area contributed by atoms with Gasteiger partial charge in [-0.3, -0.25) is 4.79 Å². The SMILES string of the molecule is CCOC(=O)c1cccc(OCC)c1C(Cl)C(C)=O.